The SMILES string of the molecule is COC(=O)C(COc1cccc(F)c1)c1ccc(Cl)cc1. The molecule has 0 saturated carbocycles. The molecule has 0 saturated heterocycles. The van der Waals surface area contributed by atoms with Crippen LogP contribution in [0.5, 0.6) is 5.75 Å². The number of benzene rings is 2. The van der Waals surface area contributed by atoms with Crippen LogP contribution in [-0.2, 0) is 9.53 Å². The maximum Gasteiger partial charge on any atom is 0.316 e. The molecule has 21 heavy (non-hydrogen) atoms. The first kappa shape index (κ1) is 15.3. The van der Waals surface area contributed by atoms with Crippen LogP contribution in [0.4, 0.5) is 4.39 Å². The van der Waals surface area contributed by atoms with E-state index < -0.39 is 17.7 Å². The van der Waals surface area contributed by atoms with Crippen molar-refractivity contribution in [2.24, 2.45) is 0 Å². The predicted molar refractivity (Wildman–Crippen MR) is 78.1 cm³/mol. The van der Waals surface area contributed by atoms with Crippen molar-refractivity contribution in [3.05, 3.63) is 64.9 Å². The van der Waals surface area contributed by atoms with Gasteiger partial charge in [0.15, 0.2) is 0 Å². The van der Waals surface area contributed by atoms with Crippen LogP contribution in [0.15, 0.2) is 48.5 Å². The Balaban J connectivity index is 2.13. The van der Waals surface area contributed by atoms with E-state index >= 15 is 0 Å². The number of esters is 1. The quantitative estimate of drug-likeness (QED) is 0.788. The number of hydrogen-bond donors (Lipinski definition) is 0. The Morgan fingerprint density at radius 1 is 1.24 bits per heavy atom. The van der Waals surface area contributed by atoms with Gasteiger partial charge in [0.05, 0.1) is 7.11 Å². The molecule has 0 aliphatic carbocycles. The van der Waals surface area contributed by atoms with Gasteiger partial charge in [0.1, 0.15) is 24.1 Å². The summed E-state index contributed by atoms with van der Waals surface area (Å²) in [5, 5.41) is 0.577. The summed E-state index contributed by atoms with van der Waals surface area (Å²) in [4.78, 5) is 11.9. The van der Waals surface area contributed by atoms with Crippen LogP contribution in [-0.4, -0.2) is 19.7 Å². The van der Waals surface area contributed by atoms with Crippen molar-refractivity contribution in [1.82, 2.24) is 0 Å². The lowest BCUT2D eigenvalue weighted by Crippen LogP contribution is -2.21. The van der Waals surface area contributed by atoms with E-state index in [9.17, 15) is 9.18 Å². The zero-order valence-corrected chi connectivity index (χ0v) is 12.1. The fraction of sp³-hybridized carbons (Fsp3) is 0.188. The van der Waals surface area contributed by atoms with Crippen molar-refractivity contribution in [3.63, 3.8) is 0 Å². The highest BCUT2D eigenvalue weighted by Crippen LogP contribution is 2.22. The molecular formula is C16H14ClFO3. The van der Waals surface area contributed by atoms with Gasteiger partial charge in [-0.05, 0) is 29.8 Å². The number of carbonyl (C=O) groups is 1. The molecule has 0 heterocycles. The van der Waals surface area contributed by atoms with Crippen molar-refractivity contribution < 1.29 is 18.7 Å². The molecule has 0 amide bonds. The molecule has 2 aromatic carbocycles. The number of halogens is 2. The van der Waals surface area contributed by atoms with Crippen LogP contribution in [0.3, 0.4) is 0 Å². The molecule has 0 N–H and O–H groups in total. The molecule has 0 fully saturated rings. The number of ether oxygens (including phenoxy) is 2. The highest BCUT2D eigenvalue weighted by molar-refractivity contribution is 6.30. The van der Waals surface area contributed by atoms with E-state index in [0.717, 1.165) is 5.56 Å². The number of carbonyl (C=O) groups excluding carboxylic acids is 1. The minimum absolute atomic E-state index is 0.0533. The van der Waals surface area contributed by atoms with Crippen LogP contribution < -0.4 is 4.74 Å². The van der Waals surface area contributed by atoms with Crippen molar-refractivity contribution in [3.8, 4) is 5.75 Å². The molecule has 0 aliphatic heterocycles. The van der Waals surface area contributed by atoms with Crippen LogP contribution in [0.1, 0.15) is 11.5 Å². The third-order valence-electron chi connectivity index (χ3n) is 2.97. The van der Waals surface area contributed by atoms with Crippen LogP contribution in [0.2, 0.25) is 5.02 Å². The third-order valence-corrected chi connectivity index (χ3v) is 3.22. The van der Waals surface area contributed by atoms with Gasteiger partial charge in [-0.1, -0.05) is 29.8 Å². The maximum atomic E-state index is 13.1. The van der Waals surface area contributed by atoms with Gasteiger partial charge in [-0.15, -0.1) is 0 Å². The van der Waals surface area contributed by atoms with Gasteiger partial charge in [-0.25, -0.2) is 4.39 Å². The lowest BCUT2D eigenvalue weighted by atomic mass is 10.0. The minimum atomic E-state index is -0.601. The molecule has 1 atom stereocenters. The predicted octanol–water partition coefficient (Wildman–Crippen LogP) is 3.81. The largest absolute Gasteiger partial charge is 0.492 e. The molecule has 2 aromatic rings. The second kappa shape index (κ2) is 7.09. The van der Waals surface area contributed by atoms with Crippen LogP contribution in [0.25, 0.3) is 0 Å². The van der Waals surface area contributed by atoms with Gasteiger partial charge in [-0.2, -0.15) is 0 Å². The van der Waals surface area contributed by atoms with E-state index in [-0.39, 0.29) is 6.61 Å². The summed E-state index contributed by atoms with van der Waals surface area (Å²) in [7, 11) is 1.31. The molecule has 0 bridgehead atoms. The summed E-state index contributed by atoms with van der Waals surface area (Å²) in [5.74, 6) is -1.06. The standard InChI is InChI=1S/C16H14ClFO3/c1-20-16(19)15(11-5-7-12(17)8-6-11)10-21-14-4-2-3-13(18)9-14/h2-9,15H,10H2,1H3. The highest BCUT2D eigenvalue weighted by atomic mass is 35.5. The Hall–Kier alpha value is -2.07. The topological polar surface area (TPSA) is 35.5 Å². The molecule has 0 aliphatic rings. The van der Waals surface area contributed by atoms with Gasteiger partial charge >= 0.3 is 5.97 Å². The Morgan fingerprint density at radius 2 is 1.95 bits per heavy atom. The summed E-state index contributed by atoms with van der Waals surface area (Å²) in [6, 6.07) is 12.6. The smallest absolute Gasteiger partial charge is 0.316 e. The van der Waals surface area contributed by atoms with Crippen LogP contribution >= 0.6 is 11.6 Å². The molecule has 0 aromatic heterocycles. The normalized spacial score (nSPS) is 11.8. The highest BCUT2D eigenvalue weighted by Gasteiger charge is 2.22. The van der Waals surface area contributed by atoms with Gasteiger partial charge in [-0.3, -0.25) is 4.79 Å². The van der Waals surface area contributed by atoms with Crippen molar-refractivity contribution in [2.75, 3.05) is 13.7 Å². The van der Waals surface area contributed by atoms with E-state index in [4.69, 9.17) is 21.1 Å². The lowest BCUT2D eigenvalue weighted by Gasteiger charge is -2.16. The van der Waals surface area contributed by atoms with Gasteiger partial charge < -0.3 is 9.47 Å². The van der Waals surface area contributed by atoms with Crippen LogP contribution in [0, 0.1) is 5.82 Å². The number of rotatable bonds is 5. The van der Waals surface area contributed by atoms with Crippen molar-refractivity contribution in [2.45, 2.75) is 5.92 Å². The Bertz CT molecular complexity index is 613. The molecule has 1 unspecified atom stereocenters. The summed E-state index contributed by atoms with van der Waals surface area (Å²) in [6.45, 7) is 0.0533. The summed E-state index contributed by atoms with van der Waals surface area (Å²) in [5.41, 5.74) is 0.725. The third kappa shape index (κ3) is 4.20. The Kier molecular flexibility index (Phi) is 5.17. The first-order valence-electron chi connectivity index (χ1n) is 6.32. The fourth-order valence-electron chi connectivity index (χ4n) is 1.87. The second-order valence-electron chi connectivity index (χ2n) is 4.40. The first-order chi connectivity index (χ1) is 10.1. The zero-order valence-electron chi connectivity index (χ0n) is 11.4. The van der Waals surface area contributed by atoms with E-state index in [1.165, 1.54) is 19.2 Å². The molecule has 5 heteroatoms. The first-order valence-corrected chi connectivity index (χ1v) is 6.69. The average Bonchev–Trinajstić information content (AvgIpc) is 2.49. The maximum absolute atomic E-state index is 13.1. The number of hydrogen-bond acceptors (Lipinski definition) is 3. The molecule has 2 rings (SSSR count). The molecule has 0 radical (unpaired) electrons. The average molecular weight is 309 g/mol. The summed E-state index contributed by atoms with van der Waals surface area (Å²) >= 11 is 5.83. The number of methoxy groups -OCH3 is 1. The molecular weight excluding hydrogens is 295 g/mol. The fourth-order valence-corrected chi connectivity index (χ4v) is 2.00. The monoisotopic (exact) mass is 308 g/mol. The lowest BCUT2D eigenvalue weighted by molar-refractivity contribution is -0.143. The van der Waals surface area contributed by atoms with E-state index in [1.54, 1.807) is 36.4 Å². The van der Waals surface area contributed by atoms with Gasteiger partial charge in [0.25, 0.3) is 0 Å². The minimum Gasteiger partial charge on any atom is -0.492 e. The summed E-state index contributed by atoms with van der Waals surface area (Å²) < 4.78 is 23.4. The Labute approximate surface area is 127 Å². The molecule has 3 nitrogen and oxygen atoms in total. The van der Waals surface area contributed by atoms with E-state index in [0.29, 0.717) is 10.8 Å². The second-order valence-corrected chi connectivity index (χ2v) is 4.83. The molecule has 0 spiro atoms. The van der Waals surface area contributed by atoms with Crippen molar-refractivity contribution >= 4 is 17.6 Å². The Morgan fingerprint density at radius 3 is 2.57 bits per heavy atom. The summed E-state index contributed by atoms with van der Waals surface area (Å²) in [6.07, 6.45) is 0. The van der Waals surface area contributed by atoms with Crippen molar-refractivity contribution in [1.29, 1.82) is 0 Å². The molecule has 110 valence electrons. The zero-order chi connectivity index (χ0) is 15.2. The van der Waals surface area contributed by atoms with Gasteiger partial charge in [0.2, 0.25) is 0 Å². The van der Waals surface area contributed by atoms with E-state index in [2.05, 4.69) is 0 Å². The van der Waals surface area contributed by atoms with E-state index in [1.807, 2.05) is 0 Å². The van der Waals surface area contributed by atoms with Gasteiger partial charge in [0, 0.05) is 11.1 Å².